The average Bonchev–Trinajstić information content (AvgIpc) is 2.97. The molecular formula is C18H19NO4. The molecule has 0 saturated carbocycles. The summed E-state index contributed by atoms with van der Waals surface area (Å²) in [5, 5.41) is 30.4. The summed E-state index contributed by atoms with van der Waals surface area (Å²) in [7, 11) is 0. The molecule has 0 atom stereocenters. The summed E-state index contributed by atoms with van der Waals surface area (Å²) in [5.41, 5.74) is 1.63. The first-order valence-corrected chi connectivity index (χ1v) is 7.30. The smallest absolute Gasteiger partial charge is 0.220 e. The van der Waals surface area contributed by atoms with Crippen LogP contribution < -0.4 is 5.32 Å². The highest BCUT2D eigenvalue weighted by molar-refractivity contribution is 5.77. The molecule has 2 aromatic rings. The minimum atomic E-state index is 0.0235. The highest BCUT2D eigenvalue weighted by atomic mass is 16.3. The van der Waals surface area contributed by atoms with Crippen molar-refractivity contribution in [3.63, 3.8) is 0 Å². The summed E-state index contributed by atoms with van der Waals surface area (Å²) < 4.78 is 0. The fourth-order valence-corrected chi connectivity index (χ4v) is 2.06. The Hall–Kier alpha value is -2.95. The van der Waals surface area contributed by atoms with Crippen LogP contribution in [0.3, 0.4) is 0 Å². The fraction of sp³-hybridized carbons (Fsp3) is 0.167. The highest BCUT2D eigenvalue weighted by Crippen LogP contribution is 2.22. The number of amides is 1. The summed E-state index contributed by atoms with van der Waals surface area (Å²) >= 11 is 0. The lowest BCUT2D eigenvalue weighted by atomic mass is 10.1. The van der Waals surface area contributed by atoms with E-state index in [1.54, 1.807) is 42.5 Å². The van der Waals surface area contributed by atoms with Crippen LogP contribution >= 0.6 is 0 Å². The Morgan fingerprint density at radius 2 is 1.43 bits per heavy atom. The van der Waals surface area contributed by atoms with Crippen molar-refractivity contribution in [1.82, 2.24) is 5.32 Å². The first kappa shape index (κ1) is 16.4. The standard InChI is InChI=1S/C14H12O3.C4H7NO/c15-12-5-3-10(4-6-12)1-2-11-7-13(16)9-14(17)8-11;6-4-2-1-3-5-4/h1-9,15-17H;1-3H2,(H,5,6). The molecular weight excluding hydrogens is 294 g/mol. The van der Waals surface area contributed by atoms with E-state index in [9.17, 15) is 15.0 Å². The number of phenolic OH excluding ortho intramolecular Hbond substituents is 3. The zero-order valence-electron chi connectivity index (χ0n) is 12.6. The van der Waals surface area contributed by atoms with Crippen LogP contribution in [-0.2, 0) is 4.79 Å². The Morgan fingerprint density at radius 3 is 1.91 bits per heavy atom. The van der Waals surface area contributed by atoms with Crippen molar-refractivity contribution in [3.8, 4) is 17.2 Å². The quantitative estimate of drug-likeness (QED) is 0.642. The van der Waals surface area contributed by atoms with Gasteiger partial charge in [-0.3, -0.25) is 4.79 Å². The molecule has 3 rings (SSSR count). The predicted octanol–water partition coefficient (Wildman–Crippen LogP) is 2.87. The second kappa shape index (κ2) is 7.89. The van der Waals surface area contributed by atoms with E-state index in [2.05, 4.69) is 5.32 Å². The number of benzene rings is 2. The third-order valence-corrected chi connectivity index (χ3v) is 3.19. The van der Waals surface area contributed by atoms with Gasteiger partial charge in [-0.15, -0.1) is 0 Å². The molecule has 1 aliphatic rings. The van der Waals surface area contributed by atoms with Crippen molar-refractivity contribution < 1.29 is 20.1 Å². The minimum absolute atomic E-state index is 0.0235. The molecule has 1 fully saturated rings. The summed E-state index contributed by atoms with van der Waals surface area (Å²) in [4.78, 5) is 10.1. The van der Waals surface area contributed by atoms with Crippen molar-refractivity contribution in [3.05, 3.63) is 53.6 Å². The zero-order valence-corrected chi connectivity index (χ0v) is 12.6. The molecule has 2 aromatic carbocycles. The fourth-order valence-electron chi connectivity index (χ4n) is 2.06. The monoisotopic (exact) mass is 313 g/mol. The number of aromatic hydroxyl groups is 3. The van der Waals surface area contributed by atoms with Gasteiger partial charge in [0.1, 0.15) is 17.2 Å². The van der Waals surface area contributed by atoms with Crippen LogP contribution in [0.25, 0.3) is 12.2 Å². The van der Waals surface area contributed by atoms with Crippen LogP contribution in [0, 0.1) is 0 Å². The van der Waals surface area contributed by atoms with Gasteiger partial charge in [0.15, 0.2) is 0 Å². The number of carbonyl (C=O) groups is 1. The van der Waals surface area contributed by atoms with Crippen molar-refractivity contribution in [2.24, 2.45) is 0 Å². The van der Waals surface area contributed by atoms with Gasteiger partial charge in [-0.1, -0.05) is 24.3 Å². The van der Waals surface area contributed by atoms with Crippen molar-refractivity contribution in [2.75, 3.05) is 6.54 Å². The van der Waals surface area contributed by atoms with E-state index in [0.29, 0.717) is 5.56 Å². The number of carbonyl (C=O) groups excluding carboxylic acids is 1. The average molecular weight is 313 g/mol. The highest BCUT2D eigenvalue weighted by Gasteiger charge is 2.05. The molecule has 4 N–H and O–H groups in total. The molecule has 1 saturated heterocycles. The first-order valence-electron chi connectivity index (χ1n) is 7.30. The Morgan fingerprint density at radius 1 is 0.826 bits per heavy atom. The summed E-state index contributed by atoms with van der Waals surface area (Å²) in [6.45, 7) is 0.888. The van der Waals surface area contributed by atoms with Crippen molar-refractivity contribution >= 4 is 18.1 Å². The SMILES string of the molecule is O=C1CCCN1.Oc1ccc(C=Cc2cc(O)cc(O)c2)cc1. The van der Waals surface area contributed by atoms with Gasteiger partial charge in [-0.2, -0.15) is 0 Å². The molecule has 0 bridgehead atoms. The summed E-state index contributed by atoms with van der Waals surface area (Å²) in [6.07, 6.45) is 5.36. The van der Waals surface area contributed by atoms with Gasteiger partial charge >= 0.3 is 0 Å². The van der Waals surface area contributed by atoms with Gasteiger partial charge in [0.2, 0.25) is 5.91 Å². The van der Waals surface area contributed by atoms with Crippen LogP contribution in [0.15, 0.2) is 42.5 Å². The third kappa shape index (κ3) is 5.74. The van der Waals surface area contributed by atoms with Crippen LogP contribution in [0.4, 0.5) is 0 Å². The van der Waals surface area contributed by atoms with Crippen LogP contribution in [0.1, 0.15) is 24.0 Å². The van der Waals surface area contributed by atoms with Crippen LogP contribution in [-0.4, -0.2) is 27.8 Å². The second-order valence-corrected chi connectivity index (χ2v) is 5.16. The van der Waals surface area contributed by atoms with E-state index in [4.69, 9.17) is 5.11 Å². The summed E-state index contributed by atoms with van der Waals surface area (Å²) in [5.74, 6) is 0.470. The molecule has 5 nitrogen and oxygen atoms in total. The lowest BCUT2D eigenvalue weighted by molar-refractivity contribution is -0.119. The van der Waals surface area contributed by atoms with Gasteiger partial charge in [0.25, 0.3) is 0 Å². The molecule has 0 aromatic heterocycles. The molecule has 23 heavy (non-hydrogen) atoms. The number of nitrogens with one attached hydrogen (secondary N) is 1. The van der Waals surface area contributed by atoms with Crippen LogP contribution in [0.2, 0.25) is 0 Å². The molecule has 0 spiro atoms. The minimum Gasteiger partial charge on any atom is -0.508 e. The molecule has 0 aliphatic carbocycles. The van der Waals surface area contributed by atoms with Gasteiger partial charge in [0.05, 0.1) is 0 Å². The van der Waals surface area contributed by atoms with E-state index in [1.165, 1.54) is 6.07 Å². The predicted molar refractivity (Wildman–Crippen MR) is 89.1 cm³/mol. The number of hydrogen-bond acceptors (Lipinski definition) is 4. The molecule has 1 aliphatic heterocycles. The van der Waals surface area contributed by atoms with E-state index in [1.807, 2.05) is 6.08 Å². The van der Waals surface area contributed by atoms with E-state index < -0.39 is 0 Å². The topological polar surface area (TPSA) is 89.8 Å². The van der Waals surface area contributed by atoms with Crippen LogP contribution in [0.5, 0.6) is 17.2 Å². The van der Waals surface area contributed by atoms with E-state index in [-0.39, 0.29) is 23.2 Å². The van der Waals surface area contributed by atoms with Crippen molar-refractivity contribution in [1.29, 1.82) is 0 Å². The van der Waals surface area contributed by atoms with Crippen molar-refractivity contribution in [2.45, 2.75) is 12.8 Å². The molecule has 0 unspecified atom stereocenters. The van der Waals surface area contributed by atoms with Gasteiger partial charge in [0, 0.05) is 19.0 Å². The number of phenols is 3. The summed E-state index contributed by atoms with van der Waals surface area (Å²) in [6, 6.07) is 11.1. The maximum absolute atomic E-state index is 10.1. The lowest BCUT2D eigenvalue weighted by Gasteiger charge is -1.98. The molecule has 0 radical (unpaired) electrons. The van der Waals surface area contributed by atoms with Gasteiger partial charge in [-0.25, -0.2) is 0 Å². The second-order valence-electron chi connectivity index (χ2n) is 5.16. The molecule has 120 valence electrons. The maximum Gasteiger partial charge on any atom is 0.220 e. The first-order chi connectivity index (χ1) is 11.0. The Balaban J connectivity index is 0.000000268. The Bertz CT molecular complexity index is 664. The van der Waals surface area contributed by atoms with E-state index >= 15 is 0 Å². The Labute approximate surface area is 134 Å². The Kier molecular flexibility index (Phi) is 5.63. The molecule has 1 amide bonds. The lowest BCUT2D eigenvalue weighted by Crippen LogP contribution is -2.12. The molecule has 1 heterocycles. The normalized spacial score (nSPS) is 13.5. The largest absolute Gasteiger partial charge is 0.508 e. The maximum atomic E-state index is 10.1. The molecule has 5 heteroatoms. The number of hydrogen-bond donors (Lipinski definition) is 4. The van der Waals surface area contributed by atoms with E-state index in [0.717, 1.165) is 24.9 Å². The number of rotatable bonds is 2. The van der Waals surface area contributed by atoms with Gasteiger partial charge in [-0.05, 0) is 41.8 Å². The third-order valence-electron chi connectivity index (χ3n) is 3.19. The van der Waals surface area contributed by atoms with Gasteiger partial charge < -0.3 is 20.6 Å². The zero-order chi connectivity index (χ0) is 16.7.